The lowest BCUT2D eigenvalue weighted by molar-refractivity contribution is 0.0960. The first-order valence-electron chi connectivity index (χ1n) is 6.66. The monoisotopic (exact) mass is 309 g/mol. The maximum Gasteiger partial charge on any atom is 0.165 e. The van der Waals surface area contributed by atoms with Crippen LogP contribution >= 0.6 is 15.9 Å². The first-order chi connectivity index (χ1) is 8.68. The highest BCUT2D eigenvalue weighted by Crippen LogP contribution is 2.23. The molecule has 2 nitrogen and oxygen atoms in total. The molecular formula is C15H20BrNO. The maximum atomic E-state index is 12.1. The molecule has 0 aromatic heterocycles. The molecule has 0 unspecified atom stereocenters. The fourth-order valence-corrected chi connectivity index (χ4v) is 3.13. The lowest BCUT2D eigenvalue weighted by Crippen LogP contribution is -2.31. The number of benzene rings is 1. The molecule has 3 heteroatoms. The van der Waals surface area contributed by atoms with Crippen LogP contribution in [0.3, 0.4) is 0 Å². The summed E-state index contributed by atoms with van der Waals surface area (Å²) < 4.78 is 0.901. The molecule has 1 aliphatic rings. The molecular weight excluding hydrogens is 290 g/mol. The van der Waals surface area contributed by atoms with Crippen LogP contribution in [0.1, 0.15) is 42.5 Å². The largest absolute Gasteiger partial charge is 0.303 e. The molecule has 98 valence electrons. The molecule has 0 amide bonds. The summed E-state index contributed by atoms with van der Waals surface area (Å²) in [5, 5.41) is 0. The molecule has 1 saturated carbocycles. The predicted octanol–water partition coefficient (Wildman–Crippen LogP) is 3.90. The van der Waals surface area contributed by atoms with Gasteiger partial charge in [0.2, 0.25) is 0 Å². The molecule has 0 saturated heterocycles. The van der Waals surface area contributed by atoms with Gasteiger partial charge in [0.25, 0.3) is 0 Å². The Kier molecular flexibility index (Phi) is 4.95. The highest BCUT2D eigenvalue weighted by molar-refractivity contribution is 9.10. The van der Waals surface area contributed by atoms with Crippen molar-refractivity contribution in [1.82, 2.24) is 4.90 Å². The smallest absolute Gasteiger partial charge is 0.165 e. The third-order valence-electron chi connectivity index (χ3n) is 3.81. The van der Waals surface area contributed by atoms with Gasteiger partial charge >= 0.3 is 0 Å². The van der Waals surface area contributed by atoms with E-state index in [2.05, 4.69) is 27.9 Å². The number of hydrogen-bond acceptors (Lipinski definition) is 2. The van der Waals surface area contributed by atoms with Crippen LogP contribution in [0.15, 0.2) is 28.7 Å². The van der Waals surface area contributed by atoms with Crippen LogP contribution in [-0.4, -0.2) is 30.3 Å². The van der Waals surface area contributed by atoms with Crippen LogP contribution in [0.5, 0.6) is 0 Å². The minimum Gasteiger partial charge on any atom is -0.303 e. The van der Waals surface area contributed by atoms with Crippen molar-refractivity contribution < 1.29 is 4.79 Å². The Morgan fingerprint density at radius 2 is 2.00 bits per heavy atom. The molecule has 0 N–H and O–H groups in total. The van der Waals surface area contributed by atoms with Gasteiger partial charge in [0, 0.05) is 29.0 Å². The quantitative estimate of drug-likeness (QED) is 0.769. The summed E-state index contributed by atoms with van der Waals surface area (Å²) in [5.41, 5.74) is 0.803. The van der Waals surface area contributed by atoms with E-state index in [-0.39, 0.29) is 5.78 Å². The van der Waals surface area contributed by atoms with Crippen LogP contribution < -0.4 is 0 Å². The van der Waals surface area contributed by atoms with Crippen LogP contribution in [0, 0.1) is 0 Å². The Hall–Kier alpha value is -0.670. The van der Waals surface area contributed by atoms with Crippen molar-refractivity contribution in [3.05, 3.63) is 34.3 Å². The van der Waals surface area contributed by atoms with Crippen LogP contribution in [0.25, 0.3) is 0 Å². The number of rotatable bonds is 5. The molecule has 0 radical (unpaired) electrons. The van der Waals surface area contributed by atoms with Gasteiger partial charge in [0.05, 0.1) is 0 Å². The minimum atomic E-state index is 0.229. The van der Waals surface area contributed by atoms with Gasteiger partial charge in [-0.15, -0.1) is 0 Å². The van der Waals surface area contributed by atoms with Gasteiger partial charge in [-0.05, 0) is 26.0 Å². The number of carbonyl (C=O) groups excluding carboxylic acids is 1. The number of nitrogens with zero attached hydrogens (tertiary/aromatic N) is 1. The molecule has 0 heterocycles. The number of hydrogen-bond donors (Lipinski definition) is 0. The molecule has 0 spiro atoms. The van der Waals surface area contributed by atoms with Crippen molar-refractivity contribution in [2.24, 2.45) is 0 Å². The van der Waals surface area contributed by atoms with Gasteiger partial charge in [-0.1, -0.05) is 47.0 Å². The van der Waals surface area contributed by atoms with Crippen LogP contribution in [0.2, 0.25) is 0 Å². The topological polar surface area (TPSA) is 20.3 Å². The zero-order valence-corrected chi connectivity index (χ0v) is 12.4. The Bertz CT molecular complexity index is 413. The minimum absolute atomic E-state index is 0.229. The first-order valence-corrected chi connectivity index (χ1v) is 7.46. The SMILES string of the molecule is CN(CCC(=O)c1ccccc1Br)C1CCCC1. The van der Waals surface area contributed by atoms with Gasteiger partial charge in [-0.25, -0.2) is 0 Å². The predicted molar refractivity (Wildman–Crippen MR) is 78.0 cm³/mol. The zero-order chi connectivity index (χ0) is 13.0. The first kappa shape index (κ1) is 13.8. The van der Waals surface area contributed by atoms with Crippen molar-refractivity contribution in [1.29, 1.82) is 0 Å². The maximum absolute atomic E-state index is 12.1. The van der Waals surface area contributed by atoms with Gasteiger partial charge in [0.15, 0.2) is 5.78 Å². The molecule has 18 heavy (non-hydrogen) atoms. The summed E-state index contributed by atoms with van der Waals surface area (Å²) in [7, 11) is 2.14. The Balaban J connectivity index is 1.86. The van der Waals surface area contributed by atoms with Crippen molar-refractivity contribution in [2.45, 2.75) is 38.1 Å². The summed E-state index contributed by atoms with van der Waals surface area (Å²) in [5.74, 6) is 0.229. The fraction of sp³-hybridized carbons (Fsp3) is 0.533. The standard InChI is InChI=1S/C15H20BrNO/c1-17(12-6-2-3-7-12)11-10-15(18)13-8-4-5-9-14(13)16/h4-5,8-9,12H,2-3,6-7,10-11H2,1H3. The van der Waals surface area contributed by atoms with E-state index in [4.69, 9.17) is 0 Å². The Morgan fingerprint density at radius 3 is 2.67 bits per heavy atom. The third-order valence-corrected chi connectivity index (χ3v) is 4.51. The average Bonchev–Trinajstić information content (AvgIpc) is 2.90. The second-order valence-corrected chi connectivity index (χ2v) is 5.93. The summed E-state index contributed by atoms with van der Waals surface area (Å²) in [6.07, 6.45) is 5.87. The summed E-state index contributed by atoms with van der Waals surface area (Å²) in [6.45, 7) is 0.866. The average molecular weight is 310 g/mol. The van der Waals surface area contributed by atoms with Gasteiger partial charge in [-0.3, -0.25) is 4.79 Å². The molecule has 1 aliphatic carbocycles. The Labute approximate surface area is 117 Å². The van der Waals surface area contributed by atoms with E-state index in [0.717, 1.165) is 16.6 Å². The number of Topliss-reactive ketones (excluding diaryl/α,β-unsaturated/α-hetero) is 1. The van der Waals surface area contributed by atoms with Gasteiger partial charge in [0.1, 0.15) is 0 Å². The second kappa shape index (κ2) is 6.48. The second-order valence-electron chi connectivity index (χ2n) is 5.07. The summed E-state index contributed by atoms with van der Waals surface area (Å²) >= 11 is 3.44. The van der Waals surface area contributed by atoms with E-state index < -0.39 is 0 Å². The number of carbonyl (C=O) groups is 1. The summed E-state index contributed by atoms with van der Waals surface area (Å²) in [4.78, 5) is 14.5. The van der Waals surface area contributed by atoms with Gasteiger partial charge < -0.3 is 4.90 Å². The van der Waals surface area contributed by atoms with E-state index in [9.17, 15) is 4.79 Å². The molecule has 0 aliphatic heterocycles. The van der Waals surface area contributed by atoms with Crippen molar-refractivity contribution in [2.75, 3.05) is 13.6 Å². The van der Waals surface area contributed by atoms with E-state index in [1.807, 2.05) is 24.3 Å². The summed E-state index contributed by atoms with van der Waals surface area (Å²) in [6, 6.07) is 8.36. The highest BCUT2D eigenvalue weighted by atomic mass is 79.9. The van der Waals surface area contributed by atoms with Crippen molar-refractivity contribution in [3.63, 3.8) is 0 Å². The van der Waals surface area contributed by atoms with E-state index in [0.29, 0.717) is 12.5 Å². The third kappa shape index (κ3) is 3.42. The molecule has 2 rings (SSSR count). The number of ketones is 1. The molecule has 1 fully saturated rings. The molecule has 0 bridgehead atoms. The van der Waals surface area contributed by atoms with E-state index in [1.165, 1.54) is 25.7 Å². The molecule has 0 atom stereocenters. The zero-order valence-electron chi connectivity index (χ0n) is 10.9. The van der Waals surface area contributed by atoms with E-state index in [1.54, 1.807) is 0 Å². The molecule has 1 aromatic carbocycles. The fourth-order valence-electron chi connectivity index (χ4n) is 2.63. The lowest BCUT2D eigenvalue weighted by atomic mass is 10.1. The van der Waals surface area contributed by atoms with Crippen molar-refractivity contribution >= 4 is 21.7 Å². The lowest BCUT2D eigenvalue weighted by Gasteiger charge is -2.23. The van der Waals surface area contributed by atoms with E-state index >= 15 is 0 Å². The number of halogens is 1. The van der Waals surface area contributed by atoms with Crippen LogP contribution in [0.4, 0.5) is 0 Å². The highest BCUT2D eigenvalue weighted by Gasteiger charge is 2.20. The van der Waals surface area contributed by atoms with Crippen LogP contribution in [-0.2, 0) is 0 Å². The van der Waals surface area contributed by atoms with Gasteiger partial charge in [-0.2, -0.15) is 0 Å². The normalized spacial score (nSPS) is 16.4. The molecule has 1 aromatic rings. The Morgan fingerprint density at radius 1 is 1.33 bits per heavy atom. The van der Waals surface area contributed by atoms with Crippen molar-refractivity contribution in [3.8, 4) is 0 Å².